The van der Waals surface area contributed by atoms with Gasteiger partial charge in [-0.15, -0.1) is 0 Å². The molecule has 0 bridgehead atoms. The van der Waals surface area contributed by atoms with Gasteiger partial charge in [-0.05, 0) is 48.8 Å². The van der Waals surface area contributed by atoms with E-state index in [-0.39, 0.29) is 5.04 Å². The van der Waals surface area contributed by atoms with Crippen molar-refractivity contribution in [2.24, 2.45) is 0 Å². The fourth-order valence-electron chi connectivity index (χ4n) is 1.57. The molecule has 0 radical (unpaired) electrons. The van der Waals surface area contributed by atoms with E-state index >= 15 is 0 Å². The summed E-state index contributed by atoms with van der Waals surface area (Å²) in [6.45, 7) is 14.2. The second-order valence-electron chi connectivity index (χ2n) is 6.60. The number of hydrogen-bond donors (Lipinski definition) is 0. The summed E-state index contributed by atoms with van der Waals surface area (Å²) in [7, 11) is -1.70. The summed E-state index contributed by atoms with van der Waals surface area (Å²) in [5.41, 5.74) is 1.65. The molecule has 0 aliphatic rings. The third-order valence-corrected chi connectivity index (χ3v) is 8.48. The zero-order chi connectivity index (χ0) is 15.4. The van der Waals surface area contributed by atoms with Crippen LogP contribution >= 0.6 is 0 Å². The van der Waals surface area contributed by atoms with Crippen molar-refractivity contribution in [2.45, 2.75) is 45.8 Å². The monoisotopic (exact) mass is 294 g/mol. The van der Waals surface area contributed by atoms with Gasteiger partial charge in [0.15, 0.2) is 8.32 Å². The second-order valence-corrected chi connectivity index (χ2v) is 11.4. The van der Waals surface area contributed by atoms with Gasteiger partial charge < -0.3 is 9.16 Å². The summed E-state index contributed by atoms with van der Waals surface area (Å²) in [5, 5.41) is 0.217. The Morgan fingerprint density at radius 1 is 1.20 bits per heavy atom. The Bertz CT molecular complexity index is 461. The molecule has 0 N–H and O–H groups in total. The molecule has 1 aromatic rings. The molecular formula is C16H26O3Si. The average molecular weight is 294 g/mol. The van der Waals surface area contributed by atoms with Gasteiger partial charge in [-0.3, -0.25) is 4.79 Å². The predicted octanol–water partition coefficient (Wildman–Crippen LogP) is 4.21. The van der Waals surface area contributed by atoms with Crippen molar-refractivity contribution in [2.75, 3.05) is 13.2 Å². The van der Waals surface area contributed by atoms with Crippen LogP contribution in [0.2, 0.25) is 18.1 Å². The molecule has 0 atom stereocenters. The Morgan fingerprint density at radius 2 is 1.85 bits per heavy atom. The number of ether oxygens (including phenoxy) is 1. The van der Waals surface area contributed by atoms with Crippen molar-refractivity contribution < 1.29 is 14.0 Å². The topological polar surface area (TPSA) is 35.5 Å². The lowest BCUT2D eigenvalue weighted by molar-refractivity contribution is 0.112. The van der Waals surface area contributed by atoms with E-state index in [9.17, 15) is 4.79 Å². The zero-order valence-corrected chi connectivity index (χ0v) is 14.4. The Hall–Kier alpha value is -1.13. The van der Waals surface area contributed by atoms with Crippen LogP contribution in [0.5, 0.6) is 5.75 Å². The number of carbonyl (C=O) groups is 1. The number of rotatable bonds is 6. The lowest BCUT2D eigenvalue weighted by atomic mass is 10.1. The smallest absolute Gasteiger partial charge is 0.192 e. The largest absolute Gasteiger partial charge is 0.491 e. The first-order valence-corrected chi connectivity index (χ1v) is 9.91. The summed E-state index contributed by atoms with van der Waals surface area (Å²) in [6.07, 6.45) is 0.845. The molecule has 112 valence electrons. The Kier molecular flexibility index (Phi) is 5.54. The first-order valence-electron chi connectivity index (χ1n) is 7.00. The first-order chi connectivity index (χ1) is 9.17. The quantitative estimate of drug-likeness (QED) is 0.448. The van der Waals surface area contributed by atoms with E-state index in [1.165, 1.54) is 0 Å². The van der Waals surface area contributed by atoms with E-state index < -0.39 is 8.32 Å². The molecule has 1 aromatic carbocycles. The van der Waals surface area contributed by atoms with Crippen molar-refractivity contribution in [1.82, 2.24) is 0 Å². The fraction of sp³-hybridized carbons (Fsp3) is 0.562. The van der Waals surface area contributed by atoms with Gasteiger partial charge in [-0.25, -0.2) is 0 Å². The van der Waals surface area contributed by atoms with Gasteiger partial charge in [0.05, 0.1) is 6.61 Å². The molecule has 20 heavy (non-hydrogen) atoms. The summed E-state index contributed by atoms with van der Waals surface area (Å²) in [6, 6.07) is 5.44. The van der Waals surface area contributed by atoms with Gasteiger partial charge in [0.2, 0.25) is 0 Å². The number of benzene rings is 1. The van der Waals surface area contributed by atoms with E-state index in [0.717, 1.165) is 17.6 Å². The lowest BCUT2D eigenvalue weighted by Gasteiger charge is -2.36. The van der Waals surface area contributed by atoms with Gasteiger partial charge in [0.1, 0.15) is 18.6 Å². The zero-order valence-electron chi connectivity index (χ0n) is 13.4. The molecule has 0 aromatic heterocycles. The highest BCUT2D eigenvalue weighted by Crippen LogP contribution is 2.36. The van der Waals surface area contributed by atoms with Gasteiger partial charge in [0, 0.05) is 5.56 Å². The molecule has 0 saturated carbocycles. The highest BCUT2D eigenvalue weighted by molar-refractivity contribution is 6.74. The molecule has 0 saturated heterocycles. The van der Waals surface area contributed by atoms with Crippen LogP contribution in [0.4, 0.5) is 0 Å². The van der Waals surface area contributed by atoms with Gasteiger partial charge in [-0.2, -0.15) is 0 Å². The van der Waals surface area contributed by atoms with E-state index in [1.54, 1.807) is 6.07 Å². The van der Waals surface area contributed by atoms with Crippen LogP contribution in [0.25, 0.3) is 0 Å². The molecule has 4 heteroatoms. The summed E-state index contributed by atoms with van der Waals surface area (Å²) >= 11 is 0. The highest BCUT2D eigenvalue weighted by Gasteiger charge is 2.36. The maximum absolute atomic E-state index is 10.7. The highest BCUT2D eigenvalue weighted by atomic mass is 28.4. The first kappa shape index (κ1) is 16.9. The van der Waals surface area contributed by atoms with Crippen molar-refractivity contribution in [3.05, 3.63) is 29.3 Å². The summed E-state index contributed by atoms with van der Waals surface area (Å²) in [5.74, 6) is 0.814. The Labute approximate surface area is 123 Å². The van der Waals surface area contributed by atoms with E-state index in [4.69, 9.17) is 9.16 Å². The molecule has 0 aliphatic carbocycles. The van der Waals surface area contributed by atoms with Gasteiger partial charge >= 0.3 is 0 Å². The van der Waals surface area contributed by atoms with Crippen LogP contribution in [-0.2, 0) is 4.43 Å². The van der Waals surface area contributed by atoms with Crippen LogP contribution in [0.1, 0.15) is 36.7 Å². The number of hydrogen-bond acceptors (Lipinski definition) is 3. The van der Waals surface area contributed by atoms with Crippen LogP contribution in [0, 0.1) is 6.92 Å². The minimum absolute atomic E-state index is 0.217. The molecule has 0 unspecified atom stereocenters. The number of aldehydes is 1. The van der Waals surface area contributed by atoms with E-state index in [1.807, 2.05) is 19.1 Å². The maximum atomic E-state index is 10.7. The predicted molar refractivity (Wildman–Crippen MR) is 85.2 cm³/mol. The molecule has 0 fully saturated rings. The second kappa shape index (κ2) is 6.55. The molecule has 0 aliphatic heterocycles. The molecule has 0 heterocycles. The average Bonchev–Trinajstić information content (AvgIpc) is 2.34. The Balaban J connectivity index is 2.48. The Morgan fingerprint density at radius 3 is 2.35 bits per heavy atom. The third kappa shape index (κ3) is 4.46. The van der Waals surface area contributed by atoms with E-state index in [0.29, 0.717) is 18.8 Å². The van der Waals surface area contributed by atoms with Gasteiger partial charge in [0.25, 0.3) is 0 Å². The molecule has 3 nitrogen and oxygen atoms in total. The fourth-order valence-corrected chi connectivity index (χ4v) is 2.60. The van der Waals surface area contributed by atoms with Crippen LogP contribution < -0.4 is 4.74 Å². The van der Waals surface area contributed by atoms with Crippen molar-refractivity contribution in [3.63, 3.8) is 0 Å². The van der Waals surface area contributed by atoms with E-state index in [2.05, 4.69) is 33.9 Å². The van der Waals surface area contributed by atoms with Crippen LogP contribution in [-0.4, -0.2) is 27.8 Å². The standard InChI is InChI=1S/C16H26O3Si/c1-13-11-14(12-17)7-8-15(13)18-9-10-19-20(5,6)16(2,3)4/h7-8,11-12H,9-10H2,1-6H3. The molecule has 0 spiro atoms. The summed E-state index contributed by atoms with van der Waals surface area (Å²) < 4.78 is 11.8. The molecular weight excluding hydrogens is 268 g/mol. The number of aryl methyl sites for hydroxylation is 1. The van der Waals surface area contributed by atoms with Crippen LogP contribution in [0.15, 0.2) is 18.2 Å². The van der Waals surface area contributed by atoms with Crippen LogP contribution in [0.3, 0.4) is 0 Å². The maximum Gasteiger partial charge on any atom is 0.192 e. The number of carbonyl (C=O) groups excluding carboxylic acids is 1. The van der Waals surface area contributed by atoms with Crippen molar-refractivity contribution >= 4 is 14.6 Å². The third-order valence-electron chi connectivity index (χ3n) is 3.95. The van der Waals surface area contributed by atoms with Crippen molar-refractivity contribution in [1.29, 1.82) is 0 Å². The van der Waals surface area contributed by atoms with Crippen molar-refractivity contribution in [3.8, 4) is 5.75 Å². The van der Waals surface area contributed by atoms with Gasteiger partial charge in [-0.1, -0.05) is 20.8 Å². The minimum Gasteiger partial charge on any atom is -0.491 e. The SMILES string of the molecule is Cc1cc(C=O)ccc1OCCO[Si](C)(C)C(C)(C)C. The molecule has 0 amide bonds. The normalized spacial score (nSPS) is 12.3. The summed E-state index contributed by atoms with van der Waals surface area (Å²) in [4.78, 5) is 10.7. The minimum atomic E-state index is -1.70. The molecule has 1 rings (SSSR count). The lowest BCUT2D eigenvalue weighted by Crippen LogP contribution is -2.41.